The van der Waals surface area contributed by atoms with E-state index in [2.05, 4.69) is 17.3 Å². The SMILES string of the molecule is CN1CCCC(C(=O)NCC2(O)CCC2)C1. The molecule has 1 heterocycles. The van der Waals surface area contributed by atoms with E-state index in [1.165, 1.54) is 0 Å². The number of piperidine rings is 1. The zero-order valence-electron chi connectivity index (χ0n) is 10.0. The van der Waals surface area contributed by atoms with E-state index < -0.39 is 5.60 Å². The Labute approximate surface area is 97.0 Å². The summed E-state index contributed by atoms with van der Waals surface area (Å²) >= 11 is 0. The maximum Gasteiger partial charge on any atom is 0.224 e. The zero-order valence-corrected chi connectivity index (χ0v) is 10.0. The van der Waals surface area contributed by atoms with Gasteiger partial charge < -0.3 is 15.3 Å². The van der Waals surface area contributed by atoms with Gasteiger partial charge in [0.25, 0.3) is 0 Å². The van der Waals surface area contributed by atoms with Crippen molar-refractivity contribution in [1.82, 2.24) is 10.2 Å². The lowest BCUT2D eigenvalue weighted by Crippen LogP contribution is -2.50. The Morgan fingerprint density at radius 3 is 2.81 bits per heavy atom. The highest BCUT2D eigenvalue weighted by molar-refractivity contribution is 5.79. The molecule has 0 aromatic heterocycles. The number of likely N-dealkylation sites (tertiary alicyclic amines) is 1. The average Bonchev–Trinajstić information content (AvgIpc) is 2.23. The van der Waals surface area contributed by atoms with E-state index in [9.17, 15) is 9.90 Å². The minimum Gasteiger partial charge on any atom is -0.388 e. The molecule has 1 saturated heterocycles. The van der Waals surface area contributed by atoms with Crippen molar-refractivity contribution in [2.24, 2.45) is 5.92 Å². The smallest absolute Gasteiger partial charge is 0.224 e. The highest BCUT2D eigenvalue weighted by atomic mass is 16.3. The maximum absolute atomic E-state index is 11.9. The second-order valence-electron chi connectivity index (χ2n) is 5.40. The van der Waals surface area contributed by atoms with Crippen LogP contribution in [0.2, 0.25) is 0 Å². The van der Waals surface area contributed by atoms with Gasteiger partial charge in [0, 0.05) is 13.1 Å². The molecule has 0 spiro atoms. The summed E-state index contributed by atoms with van der Waals surface area (Å²) in [5.41, 5.74) is -0.601. The Hall–Kier alpha value is -0.610. The van der Waals surface area contributed by atoms with Gasteiger partial charge in [0.2, 0.25) is 5.91 Å². The van der Waals surface area contributed by atoms with Gasteiger partial charge in [-0.15, -0.1) is 0 Å². The molecule has 2 aliphatic rings. The van der Waals surface area contributed by atoms with Crippen LogP contribution in [-0.4, -0.2) is 48.2 Å². The van der Waals surface area contributed by atoms with Crippen LogP contribution >= 0.6 is 0 Å². The summed E-state index contributed by atoms with van der Waals surface area (Å²) in [6.45, 7) is 2.38. The Morgan fingerprint density at radius 2 is 2.25 bits per heavy atom. The molecule has 1 aliphatic heterocycles. The first kappa shape index (κ1) is 11.9. The summed E-state index contributed by atoms with van der Waals surface area (Å²) in [4.78, 5) is 14.1. The lowest BCUT2D eigenvalue weighted by molar-refractivity contribution is -0.128. The molecule has 1 aliphatic carbocycles. The highest BCUT2D eigenvalue weighted by Crippen LogP contribution is 2.30. The molecule has 2 N–H and O–H groups in total. The molecule has 0 bridgehead atoms. The van der Waals surface area contributed by atoms with Crippen molar-refractivity contribution < 1.29 is 9.90 Å². The first-order valence-electron chi connectivity index (χ1n) is 6.28. The lowest BCUT2D eigenvalue weighted by atomic mass is 9.80. The van der Waals surface area contributed by atoms with Crippen LogP contribution in [0.4, 0.5) is 0 Å². The van der Waals surface area contributed by atoms with Crippen molar-refractivity contribution in [1.29, 1.82) is 0 Å². The molecule has 16 heavy (non-hydrogen) atoms. The minimum absolute atomic E-state index is 0.113. The van der Waals surface area contributed by atoms with E-state index in [0.29, 0.717) is 6.54 Å². The lowest BCUT2D eigenvalue weighted by Gasteiger charge is -2.37. The number of amides is 1. The number of aliphatic hydroxyl groups is 1. The predicted molar refractivity (Wildman–Crippen MR) is 62.0 cm³/mol. The number of carbonyl (C=O) groups excluding carboxylic acids is 1. The van der Waals surface area contributed by atoms with Crippen LogP contribution in [-0.2, 0) is 4.79 Å². The highest BCUT2D eigenvalue weighted by Gasteiger charge is 2.35. The molecule has 2 rings (SSSR count). The fourth-order valence-electron chi connectivity index (χ4n) is 2.54. The van der Waals surface area contributed by atoms with Crippen LogP contribution in [0.1, 0.15) is 32.1 Å². The standard InChI is InChI=1S/C12H22N2O2/c1-14-7-2-4-10(8-14)11(15)13-9-12(16)5-3-6-12/h10,16H,2-9H2,1H3,(H,13,15). The van der Waals surface area contributed by atoms with Gasteiger partial charge >= 0.3 is 0 Å². The van der Waals surface area contributed by atoms with E-state index in [1.54, 1.807) is 0 Å². The normalized spacial score (nSPS) is 29.5. The third-order valence-electron chi connectivity index (χ3n) is 3.87. The number of nitrogens with zero attached hydrogens (tertiary/aromatic N) is 1. The molecule has 1 saturated carbocycles. The summed E-state index contributed by atoms with van der Waals surface area (Å²) < 4.78 is 0. The van der Waals surface area contributed by atoms with Gasteiger partial charge in [0.1, 0.15) is 0 Å². The van der Waals surface area contributed by atoms with Gasteiger partial charge in [0.05, 0.1) is 11.5 Å². The molecule has 0 aromatic carbocycles. The van der Waals surface area contributed by atoms with Crippen LogP contribution in [0.5, 0.6) is 0 Å². The molecule has 0 aromatic rings. The Kier molecular flexibility index (Phi) is 3.50. The molecule has 4 nitrogen and oxygen atoms in total. The summed E-state index contributed by atoms with van der Waals surface area (Å²) in [7, 11) is 2.05. The number of rotatable bonds is 3. The third-order valence-corrected chi connectivity index (χ3v) is 3.87. The molecule has 1 amide bonds. The number of hydrogen-bond donors (Lipinski definition) is 2. The Balaban J connectivity index is 1.74. The average molecular weight is 226 g/mol. The van der Waals surface area contributed by atoms with Crippen LogP contribution in [0.3, 0.4) is 0 Å². The van der Waals surface area contributed by atoms with E-state index in [1.807, 2.05) is 0 Å². The van der Waals surface area contributed by atoms with Crippen LogP contribution in [0.15, 0.2) is 0 Å². The van der Waals surface area contributed by atoms with Crippen molar-refractivity contribution in [3.05, 3.63) is 0 Å². The van der Waals surface area contributed by atoms with Crippen molar-refractivity contribution in [3.63, 3.8) is 0 Å². The number of hydrogen-bond acceptors (Lipinski definition) is 3. The molecule has 1 unspecified atom stereocenters. The zero-order chi connectivity index (χ0) is 11.6. The minimum atomic E-state index is -0.601. The summed E-state index contributed by atoms with van der Waals surface area (Å²) in [5, 5.41) is 12.8. The van der Waals surface area contributed by atoms with Gasteiger partial charge in [-0.2, -0.15) is 0 Å². The predicted octanol–water partition coefficient (Wildman–Crippen LogP) is 0.359. The fraction of sp³-hybridized carbons (Fsp3) is 0.917. The van der Waals surface area contributed by atoms with E-state index >= 15 is 0 Å². The summed E-state index contributed by atoms with van der Waals surface area (Å²) in [6.07, 6.45) is 4.82. The van der Waals surface area contributed by atoms with E-state index in [-0.39, 0.29) is 11.8 Å². The Bertz CT molecular complexity index is 264. The summed E-state index contributed by atoms with van der Waals surface area (Å²) in [5.74, 6) is 0.231. The van der Waals surface area contributed by atoms with Crippen LogP contribution < -0.4 is 5.32 Å². The second-order valence-corrected chi connectivity index (χ2v) is 5.40. The van der Waals surface area contributed by atoms with Crippen molar-refractivity contribution in [2.45, 2.75) is 37.7 Å². The van der Waals surface area contributed by atoms with Crippen molar-refractivity contribution in [3.8, 4) is 0 Å². The van der Waals surface area contributed by atoms with Crippen LogP contribution in [0.25, 0.3) is 0 Å². The topological polar surface area (TPSA) is 52.6 Å². The quantitative estimate of drug-likeness (QED) is 0.730. The maximum atomic E-state index is 11.9. The van der Waals surface area contributed by atoms with Gasteiger partial charge in [-0.25, -0.2) is 0 Å². The number of carbonyl (C=O) groups is 1. The van der Waals surface area contributed by atoms with Crippen molar-refractivity contribution >= 4 is 5.91 Å². The van der Waals surface area contributed by atoms with Crippen LogP contribution in [0, 0.1) is 5.92 Å². The molecule has 4 heteroatoms. The number of nitrogens with one attached hydrogen (secondary N) is 1. The largest absolute Gasteiger partial charge is 0.388 e. The molecule has 92 valence electrons. The first-order chi connectivity index (χ1) is 7.59. The molecule has 2 fully saturated rings. The first-order valence-corrected chi connectivity index (χ1v) is 6.28. The molecule has 1 atom stereocenters. The molecule has 0 radical (unpaired) electrons. The molecular formula is C12H22N2O2. The molecular weight excluding hydrogens is 204 g/mol. The fourth-order valence-corrected chi connectivity index (χ4v) is 2.54. The third kappa shape index (κ3) is 2.74. The van der Waals surface area contributed by atoms with Crippen molar-refractivity contribution in [2.75, 3.05) is 26.7 Å². The van der Waals surface area contributed by atoms with Gasteiger partial charge in [-0.3, -0.25) is 4.79 Å². The van der Waals surface area contributed by atoms with E-state index in [4.69, 9.17) is 0 Å². The second kappa shape index (κ2) is 4.72. The van der Waals surface area contributed by atoms with Gasteiger partial charge in [0.15, 0.2) is 0 Å². The van der Waals surface area contributed by atoms with E-state index in [0.717, 1.165) is 45.2 Å². The van der Waals surface area contributed by atoms with Gasteiger partial charge in [-0.05, 0) is 45.7 Å². The monoisotopic (exact) mass is 226 g/mol. The van der Waals surface area contributed by atoms with Gasteiger partial charge in [-0.1, -0.05) is 0 Å². The Morgan fingerprint density at radius 1 is 1.50 bits per heavy atom. The summed E-state index contributed by atoms with van der Waals surface area (Å²) in [6, 6.07) is 0.